The van der Waals surface area contributed by atoms with Gasteiger partial charge in [0.15, 0.2) is 0 Å². The molecule has 6 nitrogen and oxygen atoms in total. The molecule has 0 radical (unpaired) electrons. The summed E-state index contributed by atoms with van der Waals surface area (Å²) >= 11 is 0. The van der Waals surface area contributed by atoms with E-state index in [4.69, 9.17) is 0 Å². The minimum absolute atomic E-state index is 0.0156. The summed E-state index contributed by atoms with van der Waals surface area (Å²) in [5, 5.41) is 0. The van der Waals surface area contributed by atoms with E-state index in [1.807, 2.05) is 33.0 Å². The third-order valence-electron chi connectivity index (χ3n) is 5.05. The van der Waals surface area contributed by atoms with Crippen molar-refractivity contribution in [1.29, 1.82) is 0 Å². The van der Waals surface area contributed by atoms with Gasteiger partial charge in [-0.2, -0.15) is 0 Å². The van der Waals surface area contributed by atoms with Crippen molar-refractivity contribution in [3.8, 4) is 0 Å². The summed E-state index contributed by atoms with van der Waals surface area (Å²) in [5.41, 5.74) is -0.422. The Hall–Kier alpha value is -1.46. The van der Waals surface area contributed by atoms with Gasteiger partial charge in [-0.1, -0.05) is 0 Å². The molecule has 3 fully saturated rings. The van der Waals surface area contributed by atoms with E-state index in [0.717, 1.165) is 19.4 Å². The summed E-state index contributed by atoms with van der Waals surface area (Å²) in [6.45, 7) is 2.78. The van der Waals surface area contributed by atoms with Gasteiger partial charge in [0.2, 0.25) is 0 Å². The van der Waals surface area contributed by atoms with Crippen molar-refractivity contribution in [2.45, 2.75) is 37.5 Å². The van der Waals surface area contributed by atoms with Gasteiger partial charge in [-0.25, -0.2) is 9.59 Å². The highest BCUT2D eigenvalue weighted by molar-refractivity contribution is 5.84. The maximum atomic E-state index is 12.4. The van der Waals surface area contributed by atoms with Crippen LogP contribution in [0.5, 0.6) is 0 Å². The van der Waals surface area contributed by atoms with Crippen LogP contribution < -0.4 is 0 Å². The number of hydrogen-bond donors (Lipinski definition) is 0. The van der Waals surface area contributed by atoms with Crippen LogP contribution in [0.2, 0.25) is 0 Å². The maximum absolute atomic E-state index is 12.4. The molecule has 6 heteroatoms. The van der Waals surface area contributed by atoms with E-state index < -0.39 is 5.66 Å². The number of likely N-dealkylation sites (N-methyl/N-ethyl adjacent to an activating group) is 3. The molecular weight excluding hydrogens is 232 g/mol. The summed E-state index contributed by atoms with van der Waals surface area (Å²) in [7, 11) is 5.49. The Labute approximate surface area is 107 Å². The molecule has 3 rings (SSSR count). The number of hydrogen-bond acceptors (Lipinski definition) is 2. The third-order valence-corrected chi connectivity index (χ3v) is 5.05. The van der Waals surface area contributed by atoms with Gasteiger partial charge in [0.25, 0.3) is 0 Å². The lowest BCUT2D eigenvalue weighted by atomic mass is 9.89. The predicted octanol–water partition coefficient (Wildman–Crippen LogP) is 0.598. The van der Waals surface area contributed by atoms with Crippen LogP contribution in [0.25, 0.3) is 0 Å². The Balaban J connectivity index is 2.15. The van der Waals surface area contributed by atoms with Crippen LogP contribution in [0.1, 0.15) is 19.8 Å². The average Bonchev–Trinajstić information content (AvgIpc) is 2.86. The number of rotatable bonds is 0. The second-order valence-corrected chi connectivity index (χ2v) is 5.67. The molecule has 3 aliphatic rings. The standard InChI is InChI=1S/C12H20N4O2/c1-8-9-12(15(4)10(17)14(9)3)6-5-7-16(12)11(18)13(8)2/h8-9H,5-7H2,1-4H3/t8-,9-,12+/m0/s1. The Bertz CT molecular complexity index is 426. The SMILES string of the molecule is C[C@H]1[C@@H]2N(C)C(=O)N(C)[C@@]23CCCN3C(=O)N1C. The van der Waals surface area contributed by atoms with Crippen molar-refractivity contribution in [3.05, 3.63) is 0 Å². The van der Waals surface area contributed by atoms with Gasteiger partial charge in [-0.05, 0) is 19.8 Å². The van der Waals surface area contributed by atoms with Gasteiger partial charge in [0, 0.05) is 27.7 Å². The lowest BCUT2D eigenvalue weighted by Crippen LogP contribution is -2.72. The number of carbonyl (C=O) groups excluding carboxylic acids is 2. The molecule has 0 N–H and O–H groups in total. The topological polar surface area (TPSA) is 47.1 Å². The van der Waals surface area contributed by atoms with Crippen LogP contribution in [-0.2, 0) is 0 Å². The number of nitrogens with zero attached hydrogens (tertiary/aromatic N) is 4. The zero-order valence-electron chi connectivity index (χ0n) is 11.4. The first-order chi connectivity index (χ1) is 8.43. The van der Waals surface area contributed by atoms with Gasteiger partial charge >= 0.3 is 12.1 Å². The Morgan fingerprint density at radius 2 is 1.78 bits per heavy atom. The van der Waals surface area contributed by atoms with Crippen molar-refractivity contribution in [2.75, 3.05) is 27.7 Å². The zero-order chi connectivity index (χ0) is 13.2. The predicted molar refractivity (Wildman–Crippen MR) is 66.0 cm³/mol. The van der Waals surface area contributed by atoms with Crippen molar-refractivity contribution in [1.82, 2.24) is 19.6 Å². The molecule has 0 saturated carbocycles. The van der Waals surface area contributed by atoms with Crippen molar-refractivity contribution in [2.24, 2.45) is 0 Å². The Kier molecular flexibility index (Phi) is 2.13. The van der Waals surface area contributed by atoms with E-state index in [1.165, 1.54) is 0 Å². The normalized spacial score (nSPS) is 39.6. The van der Waals surface area contributed by atoms with Gasteiger partial charge < -0.3 is 14.7 Å². The van der Waals surface area contributed by atoms with Crippen LogP contribution in [0.4, 0.5) is 9.59 Å². The first-order valence-corrected chi connectivity index (χ1v) is 6.48. The molecule has 0 unspecified atom stereocenters. The number of carbonyl (C=O) groups is 2. The smallest absolute Gasteiger partial charge is 0.322 e. The van der Waals surface area contributed by atoms with E-state index >= 15 is 0 Å². The minimum Gasteiger partial charge on any atom is -0.323 e. The molecule has 3 atom stereocenters. The van der Waals surface area contributed by atoms with Crippen LogP contribution in [0.3, 0.4) is 0 Å². The molecule has 0 bridgehead atoms. The van der Waals surface area contributed by atoms with Crippen LogP contribution in [0, 0.1) is 0 Å². The van der Waals surface area contributed by atoms with E-state index in [2.05, 4.69) is 0 Å². The first kappa shape index (κ1) is 11.6. The van der Waals surface area contributed by atoms with E-state index in [9.17, 15) is 9.59 Å². The summed E-state index contributed by atoms with van der Waals surface area (Å²) < 4.78 is 0. The van der Waals surface area contributed by atoms with Gasteiger partial charge in [0.05, 0.1) is 12.1 Å². The summed E-state index contributed by atoms with van der Waals surface area (Å²) in [6, 6.07) is 0.166. The van der Waals surface area contributed by atoms with Gasteiger partial charge in [-0.3, -0.25) is 4.90 Å². The van der Waals surface area contributed by atoms with Crippen LogP contribution >= 0.6 is 0 Å². The third kappa shape index (κ3) is 1.00. The maximum Gasteiger partial charge on any atom is 0.322 e. The Morgan fingerprint density at radius 3 is 2.44 bits per heavy atom. The molecule has 0 aromatic rings. The zero-order valence-corrected chi connectivity index (χ0v) is 11.4. The van der Waals surface area contributed by atoms with E-state index in [-0.39, 0.29) is 24.1 Å². The van der Waals surface area contributed by atoms with Gasteiger partial charge in [0.1, 0.15) is 5.66 Å². The summed E-state index contributed by atoms with van der Waals surface area (Å²) in [4.78, 5) is 31.9. The fraction of sp³-hybridized carbons (Fsp3) is 0.833. The molecule has 4 amide bonds. The molecule has 3 heterocycles. The highest BCUT2D eigenvalue weighted by Gasteiger charge is 2.66. The van der Waals surface area contributed by atoms with Crippen molar-refractivity contribution < 1.29 is 9.59 Å². The molecule has 3 saturated heterocycles. The highest BCUT2D eigenvalue weighted by Crippen LogP contribution is 2.47. The minimum atomic E-state index is -0.422. The summed E-state index contributed by atoms with van der Waals surface area (Å²) in [6.07, 6.45) is 1.85. The largest absolute Gasteiger partial charge is 0.323 e. The van der Waals surface area contributed by atoms with E-state index in [0.29, 0.717) is 0 Å². The lowest BCUT2D eigenvalue weighted by molar-refractivity contribution is -0.0331. The lowest BCUT2D eigenvalue weighted by Gasteiger charge is -2.52. The second-order valence-electron chi connectivity index (χ2n) is 5.67. The van der Waals surface area contributed by atoms with Crippen molar-refractivity contribution in [3.63, 3.8) is 0 Å². The monoisotopic (exact) mass is 252 g/mol. The van der Waals surface area contributed by atoms with Crippen LogP contribution in [-0.4, -0.2) is 77.1 Å². The molecule has 0 aromatic heterocycles. The molecule has 3 aliphatic heterocycles. The number of amides is 4. The molecule has 0 aliphatic carbocycles. The van der Waals surface area contributed by atoms with Crippen LogP contribution in [0.15, 0.2) is 0 Å². The van der Waals surface area contributed by atoms with Gasteiger partial charge in [-0.15, -0.1) is 0 Å². The molecule has 100 valence electrons. The number of urea groups is 2. The fourth-order valence-corrected chi connectivity index (χ4v) is 4.06. The molecule has 0 aromatic carbocycles. The quantitative estimate of drug-likeness (QED) is 0.634. The highest BCUT2D eigenvalue weighted by atomic mass is 16.2. The molecular formula is C12H20N4O2. The van der Waals surface area contributed by atoms with E-state index in [1.54, 1.807) is 14.7 Å². The summed E-state index contributed by atoms with van der Waals surface area (Å²) in [5.74, 6) is 0. The first-order valence-electron chi connectivity index (χ1n) is 6.48. The Morgan fingerprint density at radius 1 is 1.11 bits per heavy atom. The second kappa shape index (κ2) is 3.30. The average molecular weight is 252 g/mol. The molecule has 18 heavy (non-hydrogen) atoms. The van der Waals surface area contributed by atoms with Crippen molar-refractivity contribution >= 4 is 12.1 Å². The molecule has 1 spiro atoms. The fourth-order valence-electron chi connectivity index (χ4n) is 4.06.